The van der Waals surface area contributed by atoms with Gasteiger partial charge >= 0.3 is 0 Å². The first-order valence-electron chi connectivity index (χ1n) is 4.12. The lowest BCUT2D eigenvalue weighted by atomic mass is 10.0. The minimum Gasteiger partial charge on any atom is -0.379 e. The highest BCUT2D eigenvalue weighted by atomic mass is 35.5. The average Bonchev–Trinajstić information content (AvgIpc) is 2.15. The van der Waals surface area contributed by atoms with Crippen molar-refractivity contribution in [2.24, 2.45) is 0 Å². The molecule has 80 valence electrons. The standard InChI is InChI=1S/C10H8Cl2O3/c1-5(13)8-6(9(14)10(12)15)3-2-4-7(8)11/h2-4,9,14H,1H3/t9-/m1/s1. The second-order valence-corrected chi connectivity index (χ2v) is 3.75. The van der Waals surface area contributed by atoms with Gasteiger partial charge in [-0.15, -0.1) is 0 Å². The maximum atomic E-state index is 11.3. The van der Waals surface area contributed by atoms with Crippen LogP contribution in [0, 0.1) is 0 Å². The lowest BCUT2D eigenvalue weighted by Crippen LogP contribution is -2.11. The first kappa shape index (κ1) is 12.2. The molecule has 1 aromatic rings. The summed E-state index contributed by atoms with van der Waals surface area (Å²) in [5.41, 5.74) is 0.260. The van der Waals surface area contributed by atoms with E-state index in [4.69, 9.17) is 23.2 Å². The van der Waals surface area contributed by atoms with Gasteiger partial charge in [0.05, 0.1) is 5.02 Å². The topological polar surface area (TPSA) is 54.4 Å². The SMILES string of the molecule is CC(=O)c1c(Cl)cccc1[C@@H](O)C(=O)Cl. The van der Waals surface area contributed by atoms with Crippen LogP contribution in [0.5, 0.6) is 0 Å². The van der Waals surface area contributed by atoms with Crippen LogP contribution in [0.3, 0.4) is 0 Å². The van der Waals surface area contributed by atoms with Gasteiger partial charge in [-0.2, -0.15) is 0 Å². The molecule has 1 N–H and O–H groups in total. The predicted molar refractivity (Wildman–Crippen MR) is 57.3 cm³/mol. The first-order chi connectivity index (χ1) is 6.95. The monoisotopic (exact) mass is 246 g/mol. The maximum Gasteiger partial charge on any atom is 0.254 e. The average molecular weight is 247 g/mol. The Hall–Kier alpha value is -0.900. The highest BCUT2D eigenvalue weighted by molar-refractivity contribution is 6.64. The van der Waals surface area contributed by atoms with E-state index in [1.807, 2.05) is 0 Å². The minimum atomic E-state index is -1.52. The molecule has 0 unspecified atom stereocenters. The fourth-order valence-corrected chi connectivity index (χ4v) is 1.69. The van der Waals surface area contributed by atoms with E-state index in [9.17, 15) is 14.7 Å². The normalized spacial score (nSPS) is 12.3. The molecular formula is C10H8Cl2O3. The molecule has 0 fully saturated rings. The van der Waals surface area contributed by atoms with Crippen molar-refractivity contribution < 1.29 is 14.7 Å². The van der Waals surface area contributed by atoms with Crippen molar-refractivity contribution in [1.82, 2.24) is 0 Å². The van der Waals surface area contributed by atoms with Gasteiger partial charge in [0.1, 0.15) is 0 Å². The third kappa shape index (κ3) is 2.56. The van der Waals surface area contributed by atoms with Gasteiger partial charge < -0.3 is 5.11 Å². The quantitative estimate of drug-likeness (QED) is 0.658. The number of aliphatic hydroxyl groups excluding tert-OH is 1. The number of rotatable bonds is 3. The zero-order chi connectivity index (χ0) is 11.6. The fraction of sp³-hybridized carbons (Fsp3) is 0.200. The van der Waals surface area contributed by atoms with Crippen LogP contribution in [-0.2, 0) is 4.79 Å². The largest absolute Gasteiger partial charge is 0.379 e. The number of carbonyl (C=O) groups excluding carboxylic acids is 2. The van der Waals surface area contributed by atoms with Crippen molar-refractivity contribution in [1.29, 1.82) is 0 Å². The molecule has 0 saturated heterocycles. The van der Waals surface area contributed by atoms with Gasteiger partial charge in [0.15, 0.2) is 11.9 Å². The van der Waals surface area contributed by atoms with E-state index in [0.29, 0.717) is 0 Å². The lowest BCUT2D eigenvalue weighted by molar-refractivity contribution is -0.119. The Morgan fingerprint density at radius 1 is 1.40 bits per heavy atom. The maximum absolute atomic E-state index is 11.3. The van der Waals surface area contributed by atoms with Gasteiger partial charge in [0.2, 0.25) is 0 Å². The summed E-state index contributed by atoms with van der Waals surface area (Å²) >= 11 is 10.9. The van der Waals surface area contributed by atoms with Crippen LogP contribution in [-0.4, -0.2) is 16.1 Å². The number of aliphatic hydroxyl groups is 1. The number of hydrogen-bond acceptors (Lipinski definition) is 3. The van der Waals surface area contributed by atoms with Crippen LogP contribution < -0.4 is 0 Å². The molecule has 5 heteroatoms. The summed E-state index contributed by atoms with van der Waals surface area (Å²) in [5, 5.41) is 8.71. The molecule has 0 saturated carbocycles. The Morgan fingerprint density at radius 3 is 2.47 bits per heavy atom. The van der Waals surface area contributed by atoms with Gasteiger partial charge in [-0.3, -0.25) is 9.59 Å². The fourth-order valence-electron chi connectivity index (χ4n) is 1.26. The van der Waals surface area contributed by atoms with Crippen molar-refractivity contribution in [2.45, 2.75) is 13.0 Å². The number of halogens is 2. The van der Waals surface area contributed by atoms with E-state index in [0.717, 1.165) is 0 Å². The molecule has 15 heavy (non-hydrogen) atoms. The number of ketones is 1. The number of hydrogen-bond donors (Lipinski definition) is 1. The van der Waals surface area contributed by atoms with Crippen LogP contribution in [0.15, 0.2) is 18.2 Å². The third-order valence-corrected chi connectivity index (χ3v) is 2.43. The van der Waals surface area contributed by atoms with Gasteiger partial charge in [-0.25, -0.2) is 0 Å². The van der Waals surface area contributed by atoms with Crippen molar-refractivity contribution in [2.75, 3.05) is 0 Å². The van der Waals surface area contributed by atoms with Crippen LogP contribution in [0.4, 0.5) is 0 Å². The summed E-state index contributed by atoms with van der Waals surface area (Å²) in [4.78, 5) is 22.1. The van der Waals surface area contributed by atoms with E-state index >= 15 is 0 Å². The van der Waals surface area contributed by atoms with Gasteiger partial charge in [0.25, 0.3) is 5.24 Å². The van der Waals surface area contributed by atoms with E-state index in [1.54, 1.807) is 0 Å². The molecule has 0 amide bonds. The molecule has 0 aromatic heterocycles. The summed E-state index contributed by atoms with van der Waals surface area (Å²) in [6.45, 7) is 1.30. The van der Waals surface area contributed by atoms with E-state index in [1.165, 1.54) is 25.1 Å². The molecule has 0 aliphatic rings. The second kappa shape index (κ2) is 4.75. The van der Waals surface area contributed by atoms with Gasteiger partial charge in [0, 0.05) is 11.1 Å². The van der Waals surface area contributed by atoms with Gasteiger partial charge in [-0.1, -0.05) is 23.7 Å². The molecule has 1 rings (SSSR count). The molecule has 0 spiro atoms. The van der Waals surface area contributed by atoms with Crippen LogP contribution >= 0.6 is 23.2 Å². The molecule has 0 radical (unpaired) electrons. The Kier molecular flexibility index (Phi) is 3.85. The van der Waals surface area contributed by atoms with Crippen molar-refractivity contribution >= 4 is 34.2 Å². The molecule has 1 atom stereocenters. The minimum absolute atomic E-state index is 0.126. The summed E-state index contributed by atoms with van der Waals surface area (Å²) < 4.78 is 0. The van der Waals surface area contributed by atoms with E-state index < -0.39 is 11.3 Å². The second-order valence-electron chi connectivity index (χ2n) is 2.97. The number of benzene rings is 1. The van der Waals surface area contributed by atoms with E-state index in [-0.39, 0.29) is 21.9 Å². The number of Topliss-reactive ketones (excluding diaryl/α,β-unsaturated/α-hetero) is 1. The van der Waals surface area contributed by atoms with Crippen LogP contribution in [0.25, 0.3) is 0 Å². The first-order valence-corrected chi connectivity index (χ1v) is 4.87. The third-order valence-electron chi connectivity index (χ3n) is 1.91. The van der Waals surface area contributed by atoms with Crippen molar-refractivity contribution in [3.63, 3.8) is 0 Å². The predicted octanol–water partition coefficient (Wildman–Crippen LogP) is 2.34. The molecule has 0 aliphatic heterocycles. The summed E-state index contributed by atoms with van der Waals surface area (Å²) in [7, 11) is 0. The van der Waals surface area contributed by atoms with Crippen molar-refractivity contribution in [3.8, 4) is 0 Å². The molecular weight excluding hydrogens is 239 g/mol. The molecule has 3 nitrogen and oxygen atoms in total. The summed E-state index contributed by atoms with van der Waals surface area (Å²) in [6, 6.07) is 4.48. The summed E-state index contributed by atoms with van der Waals surface area (Å²) in [6.07, 6.45) is -1.52. The van der Waals surface area contributed by atoms with E-state index in [2.05, 4.69) is 0 Å². The van der Waals surface area contributed by atoms with Gasteiger partial charge in [-0.05, 0) is 24.6 Å². The zero-order valence-corrected chi connectivity index (χ0v) is 9.34. The Labute approximate surface area is 96.6 Å². The lowest BCUT2D eigenvalue weighted by Gasteiger charge is -2.11. The molecule has 0 heterocycles. The Morgan fingerprint density at radius 2 is 2.00 bits per heavy atom. The summed E-state index contributed by atoms with van der Waals surface area (Å²) in [5.74, 6) is -0.326. The zero-order valence-electron chi connectivity index (χ0n) is 7.83. The molecule has 1 aromatic carbocycles. The van der Waals surface area contributed by atoms with Crippen LogP contribution in [0.1, 0.15) is 28.9 Å². The smallest absolute Gasteiger partial charge is 0.254 e. The van der Waals surface area contributed by atoms with Crippen LogP contribution in [0.2, 0.25) is 5.02 Å². The number of carbonyl (C=O) groups is 2. The highest BCUT2D eigenvalue weighted by Crippen LogP contribution is 2.26. The Bertz CT molecular complexity index is 415. The molecule has 0 bridgehead atoms. The molecule has 0 aliphatic carbocycles. The highest BCUT2D eigenvalue weighted by Gasteiger charge is 2.22. The Balaban J connectivity index is 3.35. The van der Waals surface area contributed by atoms with Crippen molar-refractivity contribution in [3.05, 3.63) is 34.3 Å².